The van der Waals surface area contributed by atoms with Gasteiger partial charge in [0, 0.05) is 22.7 Å². The molecular weight excluding hydrogens is 312 g/mol. The van der Waals surface area contributed by atoms with Gasteiger partial charge in [0.2, 0.25) is 5.91 Å². The minimum atomic E-state index is -0.793. The molecule has 0 unspecified atom stereocenters. The van der Waals surface area contributed by atoms with E-state index in [0.29, 0.717) is 0 Å². The van der Waals surface area contributed by atoms with E-state index in [4.69, 9.17) is 5.11 Å². The minimum Gasteiger partial charge on any atom is -0.480 e. The topological polar surface area (TPSA) is 69.6 Å². The Hall–Kier alpha value is -1.53. The number of carbonyl (C=O) groups excluding carboxylic acids is 1. The van der Waals surface area contributed by atoms with Gasteiger partial charge in [-0.1, -0.05) is 25.1 Å². The zero-order valence-corrected chi connectivity index (χ0v) is 14.0. The number of nitrogens with zero attached hydrogens (tertiary/aromatic N) is 1. The fraction of sp³-hybridized carbons (Fsp3) is 0.529. The van der Waals surface area contributed by atoms with E-state index in [9.17, 15) is 9.59 Å². The van der Waals surface area contributed by atoms with Crippen LogP contribution in [0.3, 0.4) is 0 Å². The Morgan fingerprint density at radius 1 is 1.35 bits per heavy atom. The van der Waals surface area contributed by atoms with Crippen LogP contribution >= 0.6 is 11.8 Å². The highest BCUT2D eigenvalue weighted by Crippen LogP contribution is 2.39. The van der Waals surface area contributed by atoms with E-state index >= 15 is 0 Å². The third-order valence-electron chi connectivity index (χ3n) is 4.74. The Balaban J connectivity index is 1.51. The molecule has 1 fully saturated rings. The smallest absolute Gasteiger partial charge is 0.317 e. The first-order valence-corrected chi connectivity index (χ1v) is 9.05. The first-order valence-electron chi connectivity index (χ1n) is 8.06. The fourth-order valence-corrected chi connectivity index (χ4v) is 4.59. The molecule has 1 aliphatic carbocycles. The van der Waals surface area contributed by atoms with Crippen molar-refractivity contribution >= 4 is 23.6 Å². The molecule has 1 aromatic carbocycles. The molecule has 0 aromatic heterocycles. The molecule has 2 N–H and O–H groups in total. The van der Waals surface area contributed by atoms with E-state index in [-0.39, 0.29) is 30.5 Å². The van der Waals surface area contributed by atoms with Gasteiger partial charge in [-0.05, 0) is 31.0 Å². The average Bonchev–Trinajstić information content (AvgIpc) is 2.92. The Kier molecular flexibility index (Phi) is 4.92. The highest BCUT2D eigenvalue weighted by Gasteiger charge is 2.37. The first-order chi connectivity index (χ1) is 11.1. The van der Waals surface area contributed by atoms with Crippen LogP contribution in [0, 0.1) is 0 Å². The molecule has 5 nitrogen and oxygen atoms in total. The van der Waals surface area contributed by atoms with Crippen molar-refractivity contribution in [3.8, 4) is 0 Å². The van der Waals surface area contributed by atoms with Crippen LogP contribution in [-0.2, 0) is 9.59 Å². The number of benzene rings is 1. The van der Waals surface area contributed by atoms with Gasteiger partial charge in [-0.2, -0.15) is 0 Å². The number of amides is 1. The molecular formula is C17H22N2O3S. The largest absolute Gasteiger partial charge is 0.480 e. The van der Waals surface area contributed by atoms with Crippen molar-refractivity contribution < 1.29 is 14.7 Å². The summed E-state index contributed by atoms with van der Waals surface area (Å²) in [6, 6.07) is 8.53. The summed E-state index contributed by atoms with van der Waals surface area (Å²) in [5.74, 6) is 0.0594. The lowest BCUT2D eigenvalue weighted by Gasteiger charge is -2.42. The van der Waals surface area contributed by atoms with Crippen molar-refractivity contribution in [2.24, 2.45) is 0 Å². The highest BCUT2D eigenvalue weighted by molar-refractivity contribution is 7.99. The number of carbonyl (C=O) groups is 2. The van der Waals surface area contributed by atoms with Gasteiger partial charge in [0.05, 0.1) is 12.5 Å². The number of nitrogens with one attached hydrogen (secondary N) is 1. The second-order valence-corrected chi connectivity index (χ2v) is 7.25. The normalized spacial score (nSPS) is 25.7. The lowest BCUT2D eigenvalue weighted by atomic mass is 9.84. The van der Waals surface area contributed by atoms with E-state index in [1.807, 2.05) is 30.0 Å². The summed E-state index contributed by atoms with van der Waals surface area (Å²) in [7, 11) is 0. The summed E-state index contributed by atoms with van der Waals surface area (Å²) in [5, 5.41) is 12.1. The summed E-state index contributed by atoms with van der Waals surface area (Å²) in [6.45, 7) is 2.78. The van der Waals surface area contributed by atoms with Crippen molar-refractivity contribution in [3.63, 3.8) is 0 Å². The van der Waals surface area contributed by atoms with Crippen molar-refractivity contribution in [2.45, 2.75) is 42.7 Å². The number of likely N-dealkylation sites (N-methyl/N-ethyl adjacent to an activating group) is 1. The molecule has 0 saturated heterocycles. The predicted octanol–water partition coefficient (Wildman–Crippen LogP) is 1.93. The molecule has 1 heterocycles. The second-order valence-electron chi connectivity index (χ2n) is 6.19. The van der Waals surface area contributed by atoms with Gasteiger partial charge in [0.15, 0.2) is 0 Å². The maximum Gasteiger partial charge on any atom is 0.317 e. The van der Waals surface area contributed by atoms with Crippen LogP contribution in [0.5, 0.6) is 0 Å². The number of carboxylic acids is 1. The number of thioether (sulfide) groups is 1. The van der Waals surface area contributed by atoms with Crippen LogP contribution in [0.4, 0.5) is 0 Å². The van der Waals surface area contributed by atoms with E-state index in [1.54, 1.807) is 11.8 Å². The number of hydrogen-bond donors (Lipinski definition) is 2. The molecule has 2 aliphatic rings. The van der Waals surface area contributed by atoms with E-state index in [2.05, 4.69) is 11.4 Å². The van der Waals surface area contributed by atoms with Crippen LogP contribution in [0.25, 0.3) is 0 Å². The van der Waals surface area contributed by atoms with Gasteiger partial charge in [-0.15, -0.1) is 11.8 Å². The van der Waals surface area contributed by atoms with Gasteiger partial charge in [0.1, 0.15) is 0 Å². The summed E-state index contributed by atoms with van der Waals surface area (Å²) in [4.78, 5) is 26.5. The summed E-state index contributed by atoms with van der Waals surface area (Å²) in [5.41, 5.74) is 1.13. The number of carboxylic acid groups (broad SMARTS) is 1. The zero-order chi connectivity index (χ0) is 16.4. The molecule has 1 saturated carbocycles. The van der Waals surface area contributed by atoms with Crippen LogP contribution in [-0.4, -0.2) is 52.8 Å². The number of fused-ring (bicyclic) bond motifs is 1. The Morgan fingerprint density at radius 2 is 2.09 bits per heavy atom. The maximum absolute atomic E-state index is 12.5. The molecule has 1 atom stereocenters. The fourth-order valence-electron chi connectivity index (χ4n) is 3.36. The second kappa shape index (κ2) is 6.93. The van der Waals surface area contributed by atoms with Gasteiger partial charge in [-0.25, -0.2) is 0 Å². The zero-order valence-electron chi connectivity index (χ0n) is 13.2. The standard InChI is InChI=1S/C17H22N2O3S/c1-2-19(9-16(20)21)12-7-11(8-12)18-17(22)14-10-23-15-6-4-3-5-13(14)15/h3-6,11-12,14H,2,7-10H2,1H3,(H,18,22)(H,20,21)/t11?,12?,14-/m0/s1. The monoisotopic (exact) mass is 334 g/mol. The van der Waals surface area contributed by atoms with E-state index < -0.39 is 5.97 Å². The van der Waals surface area contributed by atoms with Crippen molar-refractivity contribution in [3.05, 3.63) is 29.8 Å². The van der Waals surface area contributed by atoms with Crippen LogP contribution < -0.4 is 5.32 Å². The van der Waals surface area contributed by atoms with Crippen molar-refractivity contribution in [2.75, 3.05) is 18.8 Å². The lowest BCUT2D eigenvalue weighted by molar-refractivity contribution is -0.139. The summed E-state index contributed by atoms with van der Waals surface area (Å²) >= 11 is 1.74. The Bertz CT molecular complexity index is 601. The molecule has 3 rings (SSSR count). The number of aliphatic carboxylic acids is 1. The van der Waals surface area contributed by atoms with Crippen LogP contribution in [0.2, 0.25) is 0 Å². The van der Waals surface area contributed by atoms with E-state index in [0.717, 1.165) is 30.7 Å². The van der Waals surface area contributed by atoms with E-state index in [1.165, 1.54) is 4.90 Å². The minimum absolute atomic E-state index is 0.0588. The Morgan fingerprint density at radius 3 is 2.78 bits per heavy atom. The molecule has 23 heavy (non-hydrogen) atoms. The molecule has 6 heteroatoms. The summed E-state index contributed by atoms with van der Waals surface area (Å²) < 4.78 is 0. The molecule has 124 valence electrons. The van der Waals surface area contributed by atoms with Crippen molar-refractivity contribution in [1.29, 1.82) is 0 Å². The van der Waals surface area contributed by atoms with Gasteiger partial charge < -0.3 is 10.4 Å². The maximum atomic E-state index is 12.5. The molecule has 1 amide bonds. The van der Waals surface area contributed by atoms with Crippen LogP contribution in [0.15, 0.2) is 29.2 Å². The first kappa shape index (κ1) is 16.3. The number of rotatable bonds is 6. The predicted molar refractivity (Wildman–Crippen MR) is 89.7 cm³/mol. The van der Waals surface area contributed by atoms with Crippen molar-refractivity contribution in [1.82, 2.24) is 10.2 Å². The van der Waals surface area contributed by atoms with Gasteiger partial charge >= 0.3 is 5.97 Å². The molecule has 0 spiro atoms. The van der Waals surface area contributed by atoms with Gasteiger partial charge in [0.25, 0.3) is 0 Å². The highest BCUT2D eigenvalue weighted by atomic mass is 32.2. The summed E-state index contributed by atoms with van der Waals surface area (Å²) in [6.07, 6.45) is 1.68. The number of hydrogen-bond acceptors (Lipinski definition) is 4. The van der Waals surface area contributed by atoms with Crippen LogP contribution in [0.1, 0.15) is 31.2 Å². The third kappa shape index (κ3) is 3.53. The molecule has 1 aromatic rings. The molecule has 0 radical (unpaired) electrons. The molecule has 0 bridgehead atoms. The quantitative estimate of drug-likeness (QED) is 0.832. The lowest BCUT2D eigenvalue weighted by Crippen LogP contribution is -2.55. The Labute approximate surface area is 140 Å². The van der Waals surface area contributed by atoms with Gasteiger partial charge in [-0.3, -0.25) is 14.5 Å². The molecule has 1 aliphatic heterocycles. The SMILES string of the molecule is CCN(CC(=O)O)C1CC(NC(=O)[C@H]2CSc3ccccc32)C1. The third-order valence-corrected chi connectivity index (χ3v) is 5.92. The average molecular weight is 334 g/mol.